The summed E-state index contributed by atoms with van der Waals surface area (Å²) in [6.45, 7) is 8.00. The van der Waals surface area contributed by atoms with Crippen LogP contribution in [0.4, 0.5) is 4.39 Å². The second-order valence-electron chi connectivity index (χ2n) is 6.87. The van der Waals surface area contributed by atoms with Gasteiger partial charge in [0.2, 0.25) is 0 Å². The molecule has 2 rings (SSSR count). The fourth-order valence-corrected chi connectivity index (χ4v) is 3.59. The number of ketones is 1. The van der Waals surface area contributed by atoms with Crippen molar-refractivity contribution in [1.29, 1.82) is 0 Å². The summed E-state index contributed by atoms with van der Waals surface area (Å²) < 4.78 is 24.0. The van der Waals surface area contributed by atoms with E-state index in [0.717, 1.165) is 6.07 Å². The summed E-state index contributed by atoms with van der Waals surface area (Å²) in [6.07, 6.45) is 2.25. The minimum absolute atomic E-state index is 0.110. The van der Waals surface area contributed by atoms with Crippen LogP contribution in [0.5, 0.6) is 0 Å². The van der Waals surface area contributed by atoms with Gasteiger partial charge in [0.25, 0.3) is 0 Å². The van der Waals surface area contributed by atoms with Gasteiger partial charge in [0.1, 0.15) is 24.9 Å². The second kappa shape index (κ2) is 8.93. The predicted octanol–water partition coefficient (Wildman–Crippen LogP) is 2.32. The molecule has 0 spiro atoms. The lowest BCUT2D eigenvalue weighted by Crippen LogP contribution is -2.55. The summed E-state index contributed by atoms with van der Waals surface area (Å²) in [7, 11) is 0. The number of aliphatic hydroxyl groups is 1. The number of rotatable bonds is 7. The van der Waals surface area contributed by atoms with E-state index in [1.807, 2.05) is 0 Å². The second-order valence-corrected chi connectivity index (χ2v) is 6.87. The molecule has 6 nitrogen and oxygen atoms in total. The molecule has 0 bridgehead atoms. The first-order chi connectivity index (χ1) is 13.2. The van der Waals surface area contributed by atoms with Gasteiger partial charge in [-0.3, -0.25) is 14.4 Å². The number of halogens is 1. The monoisotopic (exact) mass is 390 g/mol. The van der Waals surface area contributed by atoms with Crippen LogP contribution in [0.1, 0.15) is 24.8 Å². The summed E-state index contributed by atoms with van der Waals surface area (Å²) >= 11 is 0. The first-order valence-electron chi connectivity index (χ1n) is 8.78. The maximum atomic E-state index is 13.9. The van der Waals surface area contributed by atoms with Crippen molar-refractivity contribution < 1.29 is 33.4 Å². The zero-order chi connectivity index (χ0) is 20.9. The normalized spacial score (nSPS) is 27.0. The van der Waals surface area contributed by atoms with Crippen LogP contribution < -0.4 is 0 Å². The van der Waals surface area contributed by atoms with Crippen LogP contribution in [0.15, 0.2) is 49.6 Å². The third kappa shape index (κ3) is 4.54. The van der Waals surface area contributed by atoms with Crippen molar-refractivity contribution in [2.75, 3.05) is 13.2 Å². The fourth-order valence-electron chi connectivity index (χ4n) is 3.59. The van der Waals surface area contributed by atoms with E-state index >= 15 is 0 Å². The molecule has 1 N–H and O–H groups in total. The van der Waals surface area contributed by atoms with Gasteiger partial charge in [0.05, 0.1) is 11.5 Å². The Morgan fingerprint density at radius 2 is 1.86 bits per heavy atom. The summed E-state index contributed by atoms with van der Waals surface area (Å²) in [5.74, 6) is -6.70. The van der Waals surface area contributed by atoms with Crippen LogP contribution in [-0.4, -0.2) is 41.6 Å². The van der Waals surface area contributed by atoms with E-state index in [9.17, 15) is 23.9 Å². The third-order valence-corrected chi connectivity index (χ3v) is 4.70. The van der Waals surface area contributed by atoms with Gasteiger partial charge >= 0.3 is 11.9 Å². The predicted molar refractivity (Wildman–Crippen MR) is 98.7 cm³/mol. The Morgan fingerprint density at radius 3 is 2.43 bits per heavy atom. The van der Waals surface area contributed by atoms with Gasteiger partial charge in [-0.25, -0.2) is 4.39 Å². The number of hydrogen-bond acceptors (Lipinski definition) is 6. The van der Waals surface area contributed by atoms with Crippen LogP contribution in [0, 0.1) is 17.7 Å². The van der Waals surface area contributed by atoms with E-state index in [-0.39, 0.29) is 18.8 Å². The van der Waals surface area contributed by atoms with Crippen molar-refractivity contribution in [3.05, 3.63) is 61.0 Å². The zero-order valence-corrected chi connectivity index (χ0v) is 15.6. The SMILES string of the molecule is C=CCOC(=O)[C@@H]1C(=O)C[C@](C)(O)[C@@H](C(=O)OCC=C)[C@@H]1c1cccc(F)c1. The van der Waals surface area contributed by atoms with E-state index < -0.39 is 53.3 Å². The standard InChI is InChI=1S/C21H23FO6/c1-4-9-27-19(24)17-15(23)12-21(3,26)18(20(25)28-10-5-2)16(17)13-7-6-8-14(22)11-13/h4-8,11,16-18,26H,1-2,9-10,12H2,3H3/t16-,17-,18-,21+/m1/s1. The van der Waals surface area contributed by atoms with Gasteiger partial charge in [-0.1, -0.05) is 37.4 Å². The molecule has 0 aliphatic heterocycles. The maximum absolute atomic E-state index is 13.9. The van der Waals surface area contributed by atoms with Crippen molar-refractivity contribution in [3.8, 4) is 0 Å². The molecule has 0 unspecified atom stereocenters. The molecule has 1 aromatic carbocycles. The number of carbonyl (C=O) groups excluding carboxylic acids is 3. The van der Waals surface area contributed by atoms with E-state index in [2.05, 4.69) is 13.2 Å². The molecule has 0 amide bonds. The molecule has 0 aromatic heterocycles. The van der Waals surface area contributed by atoms with Gasteiger partial charge in [-0.05, 0) is 24.6 Å². The van der Waals surface area contributed by atoms with Gasteiger partial charge in [0.15, 0.2) is 5.78 Å². The van der Waals surface area contributed by atoms with E-state index in [1.54, 1.807) is 0 Å². The lowest BCUT2D eigenvalue weighted by Gasteiger charge is -2.43. The van der Waals surface area contributed by atoms with Crippen molar-refractivity contribution in [3.63, 3.8) is 0 Å². The highest BCUT2D eigenvalue weighted by Gasteiger charge is 2.57. The molecule has 1 fully saturated rings. The Hall–Kier alpha value is -2.80. The van der Waals surface area contributed by atoms with Crippen molar-refractivity contribution in [1.82, 2.24) is 0 Å². The highest BCUT2D eigenvalue weighted by molar-refractivity contribution is 6.02. The molecular formula is C21H23FO6. The maximum Gasteiger partial charge on any atom is 0.317 e. The average molecular weight is 390 g/mol. The third-order valence-electron chi connectivity index (χ3n) is 4.70. The topological polar surface area (TPSA) is 89.9 Å². The summed E-state index contributed by atoms with van der Waals surface area (Å²) in [5, 5.41) is 10.8. The average Bonchev–Trinajstić information content (AvgIpc) is 2.62. The molecule has 0 radical (unpaired) electrons. The zero-order valence-electron chi connectivity index (χ0n) is 15.6. The highest BCUT2D eigenvalue weighted by atomic mass is 19.1. The first-order valence-corrected chi connectivity index (χ1v) is 8.78. The quantitative estimate of drug-likeness (QED) is 0.437. The van der Waals surface area contributed by atoms with E-state index in [1.165, 1.54) is 37.3 Å². The van der Waals surface area contributed by atoms with Crippen molar-refractivity contribution in [2.24, 2.45) is 11.8 Å². The minimum Gasteiger partial charge on any atom is -0.461 e. The first kappa shape index (κ1) is 21.5. The number of esters is 2. The Morgan fingerprint density at radius 1 is 1.25 bits per heavy atom. The Bertz CT molecular complexity index is 785. The molecule has 7 heteroatoms. The number of ether oxygens (including phenoxy) is 2. The number of carbonyl (C=O) groups is 3. The smallest absolute Gasteiger partial charge is 0.317 e. The molecular weight excluding hydrogens is 367 g/mol. The number of benzene rings is 1. The van der Waals surface area contributed by atoms with Crippen LogP contribution in [-0.2, 0) is 23.9 Å². The van der Waals surface area contributed by atoms with Gasteiger partial charge in [0, 0.05) is 12.3 Å². The molecule has 28 heavy (non-hydrogen) atoms. The number of hydrogen-bond donors (Lipinski definition) is 1. The Balaban J connectivity index is 2.58. The molecule has 0 saturated heterocycles. The summed E-state index contributed by atoms with van der Waals surface area (Å²) in [6, 6.07) is 5.21. The lowest BCUT2D eigenvalue weighted by atomic mass is 9.61. The number of Topliss-reactive ketones (excluding diaryl/α,β-unsaturated/α-hetero) is 1. The highest BCUT2D eigenvalue weighted by Crippen LogP contribution is 2.46. The van der Waals surface area contributed by atoms with Crippen molar-refractivity contribution >= 4 is 17.7 Å². The van der Waals surface area contributed by atoms with Crippen LogP contribution in [0.2, 0.25) is 0 Å². The molecule has 1 aliphatic carbocycles. The molecule has 1 saturated carbocycles. The minimum atomic E-state index is -1.79. The largest absolute Gasteiger partial charge is 0.461 e. The van der Waals surface area contributed by atoms with Crippen LogP contribution >= 0.6 is 0 Å². The van der Waals surface area contributed by atoms with Crippen LogP contribution in [0.25, 0.3) is 0 Å². The van der Waals surface area contributed by atoms with E-state index in [4.69, 9.17) is 9.47 Å². The lowest BCUT2D eigenvalue weighted by molar-refractivity contribution is -0.172. The Kier molecular flexibility index (Phi) is 6.85. The van der Waals surface area contributed by atoms with Crippen molar-refractivity contribution in [2.45, 2.75) is 24.9 Å². The fraction of sp³-hybridized carbons (Fsp3) is 0.381. The molecule has 1 aliphatic rings. The summed E-state index contributed by atoms with van der Waals surface area (Å²) in [4.78, 5) is 38.0. The van der Waals surface area contributed by atoms with Gasteiger partial charge < -0.3 is 14.6 Å². The molecule has 150 valence electrons. The molecule has 0 heterocycles. The molecule has 1 aromatic rings. The Labute approximate surface area is 162 Å². The van der Waals surface area contributed by atoms with E-state index in [0.29, 0.717) is 0 Å². The van der Waals surface area contributed by atoms with Gasteiger partial charge in [-0.2, -0.15) is 0 Å². The molecule has 4 atom stereocenters. The van der Waals surface area contributed by atoms with Gasteiger partial charge in [-0.15, -0.1) is 0 Å². The van der Waals surface area contributed by atoms with Crippen LogP contribution in [0.3, 0.4) is 0 Å². The summed E-state index contributed by atoms with van der Waals surface area (Å²) in [5.41, 5.74) is -1.57.